The molecule has 2 aliphatic rings. The number of benzene rings is 1. The molecule has 4 rings (SSSR count). The maximum absolute atomic E-state index is 6.40. The van der Waals surface area contributed by atoms with Gasteiger partial charge in [-0.3, -0.25) is 0 Å². The molecule has 2 aromatic rings. The second-order valence-electron chi connectivity index (χ2n) is 5.83. The van der Waals surface area contributed by atoms with E-state index < -0.39 is 21.1 Å². The van der Waals surface area contributed by atoms with E-state index in [0.29, 0.717) is 17.0 Å². The number of halogens is 1. The molecule has 23 heavy (non-hydrogen) atoms. The van der Waals surface area contributed by atoms with Gasteiger partial charge in [-0.05, 0) is 0 Å². The molecule has 2 N–H and O–H groups in total. The van der Waals surface area contributed by atoms with E-state index >= 15 is 0 Å². The zero-order valence-corrected chi connectivity index (χ0v) is 16.3. The van der Waals surface area contributed by atoms with Crippen LogP contribution < -0.4 is 14.2 Å². The topological polar surface area (TPSA) is 49.8 Å². The summed E-state index contributed by atoms with van der Waals surface area (Å²) in [6, 6.07) is 8.98. The number of rotatable bonds is 3. The Bertz CT molecular complexity index is 756. The molecule has 1 atom stereocenters. The summed E-state index contributed by atoms with van der Waals surface area (Å²) in [5.41, 5.74) is 3.34. The summed E-state index contributed by atoms with van der Waals surface area (Å²) in [4.78, 5) is 9.09. The molecule has 1 unspecified atom stereocenters. The fourth-order valence-corrected chi connectivity index (χ4v) is 6.55. The third-order valence-corrected chi connectivity index (χ3v) is 7.86. The summed E-state index contributed by atoms with van der Waals surface area (Å²) in [5, 5.41) is 7.46. The van der Waals surface area contributed by atoms with Crippen molar-refractivity contribution in [2.75, 3.05) is 18.4 Å². The van der Waals surface area contributed by atoms with Gasteiger partial charge in [0.05, 0.1) is 0 Å². The predicted molar refractivity (Wildman–Crippen MR) is 95.5 cm³/mol. The van der Waals surface area contributed by atoms with E-state index in [1.165, 1.54) is 21.1 Å². The van der Waals surface area contributed by atoms with Crippen molar-refractivity contribution >= 4 is 47.8 Å². The summed E-state index contributed by atoms with van der Waals surface area (Å²) in [6.45, 7) is 2.06. The van der Waals surface area contributed by atoms with Crippen molar-refractivity contribution < 1.29 is 0 Å². The third kappa shape index (κ3) is 3.25. The van der Waals surface area contributed by atoms with Crippen LogP contribution in [0.3, 0.4) is 0 Å². The van der Waals surface area contributed by atoms with Crippen molar-refractivity contribution in [2.24, 2.45) is 0 Å². The first kappa shape index (κ1) is 15.4. The molecule has 0 spiro atoms. The molecular weight excluding hydrogens is 414 g/mol. The molecule has 6 heteroatoms. The molecule has 0 amide bonds. The molecule has 3 heterocycles. The standard InChI is InChI=1S/C17H17ClN4.Sn/c1-12(13-6-3-2-4-7-13)16-15(18)11-20-17(22-16)21-14-8-5-9-19-10-14;/h1-4,6,11,14,19H,5,8-10H2,(H,20,21,22);. The van der Waals surface area contributed by atoms with Crippen molar-refractivity contribution in [3.63, 3.8) is 0 Å². The first-order valence-corrected chi connectivity index (χ1v) is 11.3. The Labute approximate surface area is 151 Å². The average molecular weight is 432 g/mol. The number of nitrogens with zero attached hydrogens (tertiary/aromatic N) is 2. The SMILES string of the molecule is Clc1cnc(NC2CCCNC2)nc1C1=[CH][Sn][c]2ccccc21. The summed E-state index contributed by atoms with van der Waals surface area (Å²) in [5.74, 6) is 0.675. The molecule has 1 saturated heterocycles. The van der Waals surface area contributed by atoms with E-state index in [1.807, 2.05) is 0 Å². The molecule has 1 aromatic carbocycles. The minimum atomic E-state index is -0.655. The van der Waals surface area contributed by atoms with Crippen molar-refractivity contribution in [3.8, 4) is 0 Å². The van der Waals surface area contributed by atoms with E-state index in [-0.39, 0.29) is 0 Å². The van der Waals surface area contributed by atoms with Crippen molar-refractivity contribution in [2.45, 2.75) is 18.9 Å². The Morgan fingerprint density at radius 3 is 3.09 bits per heavy atom. The number of hydrogen-bond acceptors (Lipinski definition) is 4. The number of nitrogens with one attached hydrogen (secondary N) is 2. The fraction of sp³-hybridized carbons (Fsp3) is 0.294. The molecule has 2 aliphatic heterocycles. The van der Waals surface area contributed by atoms with Gasteiger partial charge in [0.1, 0.15) is 0 Å². The summed E-state index contributed by atoms with van der Waals surface area (Å²) in [6.07, 6.45) is 4.05. The summed E-state index contributed by atoms with van der Waals surface area (Å²) >= 11 is 5.74. The van der Waals surface area contributed by atoms with Gasteiger partial charge in [-0.1, -0.05) is 0 Å². The number of anilines is 1. The Kier molecular flexibility index (Phi) is 4.55. The number of aromatic nitrogens is 2. The van der Waals surface area contributed by atoms with Crippen LogP contribution in [0.5, 0.6) is 0 Å². The zero-order valence-electron chi connectivity index (χ0n) is 12.6. The Balaban J connectivity index is 1.63. The molecule has 0 aliphatic carbocycles. The zero-order chi connectivity index (χ0) is 15.6. The van der Waals surface area contributed by atoms with Crippen LogP contribution in [-0.4, -0.2) is 50.2 Å². The van der Waals surface area contributed by atoms with E-state index in [1.54, 1.807) is 6.20 Å². The van der Waals surface area contributed by atoms with Gasteiger partial charge in [-0.2, -0.15) is 0 Å². The Hall–Kier alpha value is -1.11. The van der Waals surface area contributed by atoms with E-state index in [0.717, 1.165) is 25.2 Å². The van der Waals surface area contributed by atoms with Gasteiger partial charge in [-0.15, -0.1) is 0 Å². The molecule has 116 valence electrons. The average Bonchev–Trinajstić information content (AvgIpc) is 3.01. The van der Waals surface area contributed by atoms with Gasteiger partial charge in [-0.25, -0.2) is 0 Å². The predicted octanol–water partition coefficient (Wildman–Crippen LogP) is 2.03. The number of piperidine rings is 1. The van der Waals surface area contributed by atoms with Crippen LogP contribution in [0, 0.1) is 0 Å². The molecule has 0 bridgehead atoms. The number of hydrogen-bond donors (Lipinski definition) is 2. The van der Waals surface area contributed by atoms with Crippen LogP contribution >= 0.6 is 11.6 Å². The number of fused-ring (bicyclic) bond motifs is 1. The summed E-state index contributed by atoms with van der Waals surface area (Å²) < 4.78 is 3.86. The van der Waals surface area contributed by atoms with Crippen LogP contribution in [0.25, 0.3) is 5.57 Å². The second kappa shape index (κ2) is 6.79. The van der Waals surface area contributed by atoms with E-state index in [9.17, 15) is 0 Å². The van der Waals surface area contributed by atoms with Gasteiger partial charge in [0.25, 0.3) is 0 Å². The normalized spacial score (nSPS) is 20.0. The van der Waals surface area contributed by atoms with Gasteiger partial charge < -0.3 is 0 Å². The van der Waals surface area contributed by atoms with Gasteiger partial charge in [0, 0.05) is 0 Å². The molecule has 4 nitrogen and oxygen atoms in total. The van der Waals surface area contributed by atoms with Crippen molar-refractivity contribution in [1.82, 2.24) is 15.3 Å². The van der Waals surface area contributed by atoms with Crippen molar-refractivity contribution in [3.05, 3.63) is 50.8 Å². The minimum absolute atomic E-state index is 0.388. The molecular formula is C17H17ClN4Sn. The van der Waals surface area contributed by atoms with E-state index in [4.69, 9.17) is 16.6 Å². The molecule has 2 radical (unpaired) electrons. The Morgan fingerprint density at radius 2 is 2.22 bits per heavy atom. The monoisotopic (exact) mass is 432 g/mol. The van der Waals surface area contributed by atoms with Crippen molar-refractivity contribution in [1.29, 1.82) is 0 Å². The van der Waals surface area contributed by atoms with Crippen LogP contribution in [0.15, 0.2) is 34.6 Å². The van der Waals surface area contributed by atoms with Gasteiger partial charge in [0.15, 0.2) is 0 Å². The van der Waals surface area contributed by atoms with Gasteiger partial charge >= 0.3 is 151 Å². The van der Waals surface area contributed by atoms with Gasteiger partial charge in [0.2, 0.25) is 0 Å². The third-order valence-electron chi connectivity index (χ3n) is 4.22. The molecule has 1 aromatic heterocycles. The molecule has 1 fully saturated rings. The maximum atomic E-state index is 6.40. The first-order chi connectivity index (χ1) is 11.3. The first-order valence-electron chi connectivity index (χ1n) is 7.87. The second-order valence-corrected chi connectivity index (χ2v) is 9.42. The Morgan fingerprint density at radius 1 is 1.30 bits per heavy atom. The van der Waals surface area contributed by atoms with Crippen LogP contribution in [0.1, 0.15) is 24.1 Å². The van der Waals surface area contributed by atoms with E-state index in [2.05, 4.69) is 44.0 Å². The molecule has 0 saturated carbocycles. The van der Waals surface area contributed by atoms with Crippen LogP contribution in [-0.2, 0) is 0 Å². The fourth-order valence-electron chi connectivity index (χ4n) is 3.05. The quantitative estimate of drug-likeness (QED) is 0.731. The van der Waals surface area contributed by atoms with Crippen LogP contribution in [0.2, 0.25) is 5.02 Å². The summed E-state index contributed by atoms with van der Waals surface area (Å²) in [7, 11) is 0. The van der Waals surface area contributed by atoms with Crippen LogP contribution in [0.4, 0.5) is 5.95 Å².